The summed E-state index contributed by atoms with van der Waals surface area (Å²) in [5, 5.41) is 9.18. The number of unbranched alkanes of at least 4 members (excludes halogenated alkanes) is 8. The third-order valence-electron chi connectivity index (χ3n) is 7.00. The number of ether oxygens (including phenoxy) is 1. The lowest BCUT2D eigenvalue weighted by Gasteiger charge is -2.30. The minimum atomic E-state index is -0.722. The highest BCUT2D eigenvalue weighted by atomic mass is 16.5. The summed E-state index contributed by atoms with van der Waals surface area (Å²) in [4.78, 5) is 24.0. The van der Waals surface area contributed by atoms with Gasteiger partial charge in [0, 0.05) is 0 Å². The minimum Gasteiger partial charge on any atom is -0.481 e. The molecule has 0 aromatic rings. The number of hydrogen-bond acceptors (Lipinski definition) is 3. The highest BCUT2D eigenvalue weighted by molar-refractivity contribution is 5.74. The Kier molecular flexibility index (Phi) is 14.9. The summed E-state index contributed by atoms with van der Waals surface area (Å²) in [6, 6.07) is 0. The first-order valence-corrected chi connectivity index (χ1v) is 13.0. The maximum absolute atomic E-state index is 12.8. The Morgan fingerprint density at radius 2 is 1.30 bits per heavy atom. The van der Waals surface area contributed by atoms with E-state index < -0.39 is 5.97 Å². The standard InChI is InChI=1S/C26H48O4/c1-4-7-9-10-11-12-13-14-16-24(21(6-3)15-8-5-2)30-26(29)23-19-17-22(18-20-23)25(27)28/h21-24H,4-20H2,1-3H3,(H,27,28). The topological polar surface area (TPSA) is 63.6 Å². The molecule has 2 atom stereocenters. The molecule has 1 saturated carbocycles. The molecule has 0 radical (unpaired) electrons. The van der Waals surface area contributed by atoms with Gasteiger partial charge in [-0.1, -0.05) is 78.6 Å². The second-order valence-corrected chi connectivity index (χ2v) is 9.44. The quantitative estimate of drug-likeness (QED) is 0.193. The van der Waals surface area contributed by atoms with E-state index in [1.165, 1.54) is 57.8 Å². The zero-order valence-corrected chi connectivity index (χ0v) is 20.0. The lowest BCUT2D eigenvalue weighted by molar-refractivity contribution is -0.160. The molecule has 1 aliphatic carbocycles. The fourth-order valence-electron chi connectivity index (χ4n) is 4.81. The molecule has 0 amide bonds. The van der Waals surface area contributed by atoms with E-state index in [4.69, 9.17) is 4.74 Å². The zero-order valence-electron chi connectivity index (χ0n) is 20.0. The summed E-state index contributed by atoms with van der Waals surface area (Å²) in [5.41, 5.74) is 0. The second-order valence-electron chi connectivity index (χ2n) is 9.44. The fraction of sp³-hybridized carbons (Fsp3) is 0.923. The molecule has 1 rings (SSSR count). The third kappa shape index (κ3) is 10.8. The predicted molar refractivity (Wildman–Crippen MR) is 123 cm³/mol. The highest BCUT2D eigenvalue weighted by Gasteiger charge is 2.33. The van der Waals surface area contributed by atoms with Crippen LogP contribution in [0.3, 0.4) is 0 Å². The van der Waals surface area contributed by atoms with Crippen molar-refractivity contribution in [2.75, 3.05) is 0 Å². The van der Waals surface area contributed by atoms with Gasteiger partial charge in [-0.15, -0.1) is 0 Å². The molecule has 0 aromatic carbocycles. The van der Waals surface area contributed by atoms with E-state index in [1.807, 2.05) is 0 Å². The molecule has 4 heteroatoms. The van der Waals surface area contributed by atoms with Crippen LogP contribution in [0.25, 0.3) is 0 Å². The van der Waals surface area contributed by atoms with Crippen molar-refractivity contribution < 1.29 is 19.4 Å². The van der Waals surface area contributed by atoms with Crippen LogP contribution in [0.1, 0.15) is 130 Å². The van der Waals surface area contributed by atoms with Crippen molar-refractivity contribution in [2.45, 2.75) is 136 Å². The molecule has 1 aliphatic rings. The molecule has 1 N–H and O–H groups in total. The number of hydrogen-bond donors (Lipinski definition) is 1. The van der Waals surface area contributed by atoms with E-state index in [1.54, 1.807) is 0 Å². The summed E-state index contributed by atoms with van der Waals surface area (Å²) in [7, 11) is 0. The van der Waals surface area contributed by atoms with Crippen molar-refractivity contribution in [1.82, 2.24) is 0 Å². The highest BCUT2D eigenvalue weighted by Crippen LogP contribution is 2.32. The summed E-state index contributed by atoms with van der Waals surface area (Å²) in [5.74, 6) is -0.729. The van der Waals surface area contributed by atoms with Gasteiger partial charge in [-0.25, -0.2) is 0 Å². The smallest absolute Gasteiger partial charge is 0.309 e. The van der Waals surface area contributed by atoms with Crippen molar-refractivity contribution in [1.29, 1.82) is 0 Å². The van der Waals surface area contributed by atoms with Crippen LogP contribution in [-0.2, 0) is 14.3 Å². The Bertz CT molecular complexity index is 454. The number of carboxylic acids is 1. The molecule has 0 aliphatic heterocycles. The molecule has 0 saturated heterocycles. The van der Waals surface area contributed by atoms with Gasteiger partial charge in [0.25, 0.3) is 0 Å². The Labute approximate surface area is 185 Å². The Balaban J connectivity index is 2.48. The number of carbonyl (C=O) groups is 2. The molecule has 2 unspecified atom stereocenters. The molecule has 4 nitrogen and oxygen atoms in total. The van der Waals surface area contributed by atoms with Gasteiger partial charge < -0.3 is 9.84 Å². The maximum Gasteiger partial charge on any atom is 0.309 e. The predicted octanol–water partition coefficient (Wildman–Crippen LogP) is 7.54. The van der Waals surface area contributed by atoms with E-state index in [0.29, 0.717) is 31.6 Å². The van der Waals surface area contributed by atoms with Crippen molar-refractivity contribution in [3.63, 3.8) is 0 Å². The molecule has 30 heavy (non-hydrogen) atoms. The largest absolute Gasteiger partial charge is 0.481 e. The zero-order chi connectivity index (χ0) is 22.2. The molecular formula is C26H48O4. The van der Waals surface area contributed by atoms with E-state index in [-0.39, 0.29) is 23.9 Å². The van der Waals surface area contributed by atoms with Crippen molar-refractivity contribution >= 4 is 11.9 Å². The summed E-state index contributed by atoms with van der Waals surface area (Å²) in [6.45, 7) is 6.68. The number of esters is 1. The van der Waals surface area contributed by atoms with Gasteiger partial charge in [-0.05, 0) is 57.3 Å². The van der Waals surface area contributed by atoms with E-state index >= 15 is 0 Å². The van der Waals surface area contributed by atoms with Crippen LogP contribution in [0, 0.1) is 17.8 Å². The van der Waals surface area contributed by atoms with Gasteiger partial charge in [0.1, 0.15) is 6.10 Å². The number of carboxylic acid groups (broad SMARTS) is 1. The molecular weight excluding hydrogens is 376 g/mol. The fourth-order valence-corrected chi connectivity index (χ4v) is 4.81. The lowest BCUT2D eigenvalue weighted by atomic mass is 9.82. The minimum absolute atomic E-state index is 0.0336. The van der Waals surface area contributed by atoms with Gasteiger partial charge in [-0.2, -0.15) is 0 Å². The Morgan fingerprint density at radius 3 is 1.83 bits per heavy atom. The van der Waals surface area contributed by atoms with Crippen LogP contribution in [0.5, 0.6) is 0 Å². The number of rotatable bonds is 17. The molecule has 0 aromatic heterocycles. The average molecular weight is 425 g/mol. The van der Waals surface area contributed by atoms with Gasteiger partial charge in [0.05, 0.1) is 11.8 Å². The first kappa shape index (κ1) is 27.0. The maximum atomic E-state index is 12.8. The van der Waals surface area contributed by atoms with Gasteiger partial charge in [0.2, 0.25) is 0 Å². The van der Waals surface area contributed by atoms with E-state index in [9.17, 15) is 14.7 Å². The molecule has 0 heterocycles. The van der Waals surface area contributed by atoms with Crippen LogP contribution in [0.4, 0.5) is 0 Å². The average Bonchev–Trinajstić information content (AvgIpc) is 2.75. The van der Waals surface area contributed by atoms with Crippen LogP contribution in [-0.4, -0.2) is 23.1 Å². The van der Waals surface area contributed by atoms with Crippen molar-refractivity contribution in [3.8, 4) is 0 Å². The molecule has 0 bridgehead atoms. The van der Waals surface area contributed by atoms with Crippen LogP contribution < -0.4 is 0 Å². The van der Waals surface area contributed by atoms with Crippen LogP contribution >= 0.6 is 0 Å². The normalized spacial score (nSPS) is 21.2. The first-order valence-electron chi connectivity index (χ1n) is 13.0. The van der Waals surface area contributed by atoms with Crippen LogP contribution in [0.2, 0.25) is 0 Å². The number of aliphatic carboxylic acids is 1. The first-order chi connectivity index (χ1) is 14.5. The summed E-state index contributed by atoms with van der Waals surface area (Å²) in [6.07, 6.45) is 18.4. The van der Waals surface area contributed by atoms with Gasteiger partial charge >= 0.3 is 11.9 Å². The van der Waals surface area contributed by atoms with E-state index in [0.717, 1.165) is 25.7 Å². The third-order valence-corrected chi connectivity index (χ3v) is 7.00. The Morgan fingerprint density at radius 1 is 0.767 bits per heavy atom. The summed E-state index contributed by atoms with van der Waals surface area (Å²) < 4.78 is 6.11. The van der Waals surface area contributed by atoms with Crippen molar-refractivity contribution in [3.05, 3.63) is 0 Å². The van der Waals surface area contributed by atoms with Crippen molar-refractivity contribution in [2.24, 2.45) is 17.8 Å². The molecule has 176 valence electrons. The SMILES string of the molecule is CCCCCCCCCCC(OC(=O)C1CCC(C(=O)O)CC1)C(CC)CCCC. The molecule has 1 fully saturated rings. The summed E-state index contributed by atoms with van der Waals surface area (Å²) >= 11 is 0. The van der Waals surface area contributed by atoms with Gasteiger partial charge in [0.15, 0.2) is 0 Å². The Hall–Kier alpha value is -1.06. The monoisotopic (exact) mass is 424 g/mol. The number of carbonyl (C=O) groups excluding carboxylic acids is 1. The van der Waals surface area contributed by atoms with Gasteiger partial charge in [-0.3, -0.25) is 9.59 Å². The lowest BCUT2D eigenvalue weighted by Crippen LogP contribution is -2.32. The van der Waals surface area contributed by atoms with E-state index in [2.05, 4.69) is 20.8 Å². The second kappa shape index (κ2) is 16.6. The van der Waals surface area contributed by atoms with Crippen LogP contribution in [0.15, 0.2) is 0 Å². The molecule has 0 spiro atoms.